The number of aliphatic hydroxyl groups excluding tert-OH is 6. The van der Waals surface area contributed by atoms with Gasteiger partial charge in [-0.05, 0) is 44.5 Å². The molecule has 0 radical (unpaired) electrons. The van der Waals surface area contributed by atoms with Crippen molar-refractivity contribution in [2.75, 3.05) is 26.4 Å². The van der Waals surface area contributed by atoms with Crippen molar-refractivity contribution >= 4 is 12.2 Å². The first-order valence-corrected chi connectivity index (χ1v) is 18.7. The van der Waals surface area contributed by atoms with Crippen molar-refractivity contribution in [2.24, 2.45) is 0 Å². The first-order valence-electron chi connectivity index (χ1n) is 18.7. The third-order valence-electron chi connectivity index (χ3n) is 12.0. The summed E-state index contributed by atoms with van der Waals surface area (Å²) in [4.78, 5) is 30.1. The number of nitrogens with zero attached hydrogens (tertiary/aromatic N) is 2. The third kappa shape index (κ3) is 5.87. The molecule has 0 saturated carbocycles. The van der Waals surface area contributed by atoms with Crippen LogP contribution in [0.15, 0.2) is 97.1 Å². The van der Waals surface area contributed by atoms with Gasteiger partial charge in [0.15, 0.2) is 12.5 Å². The second-order valence-electron chi connectivity index (χ2n) is 14.9. The molecule has 14 nitrogen and oxygen atoms in total. The van der Waals surface area contributed by atoms with Gasteiger partial charge in [-0.2, -0.15) is 0 Å². The second-order valence-corrected chi connectivity index (χ2v) is 14.9. The molecule has 9 rings (SSSR count). The van der Waals surface area contributed by atoms with Crippen molar-refractivity contribution in [1.82, 2.24) is 9.80 Å². The number of hydrogen-bond acceptors (Lipinski definition) is 12. The Hall–Kier alpha value is -4.90. The molecule has 292 valence electrons. The molecule has 2 aliphatic carbocycles. The Morgan fingerprint density at radius 3 is 1.11 bits per heavy atom. The lowest BCUT2D eigenvalue weighted by Crippen LogP contribution is -2.74. The molecule has 4 aromatic rings. The Balaban J connectivity index is 0.979. The number of fused-ring (bicyclic) bond motifs is 10. The van der Waals surface area contributed by atoms with E-state index < -0.39 is 86.6 Å². The Bertz CT molecular complexity index is 1860. The van der Waals surface area contributed by atoms with Crippen molar-refractivity contribution in [3.8, 4) is 22.3 Å². The van der Waals surface area contributed by atoms with Crippen LogP contribution in [0.1, 0.15) is 34.1 Å². The fraction of sp³-hybridized carbons (Fsp3) is 0.381. The van der Waals surface area contributed by atoms with Gasteiger partial charge in [-0.25, -0.2) is 9.59 Å². The van der Waals surface area contributed by atoms with Crippen molar-refractivity contribution in [1.29, 1.82) is 0 Å². The van der Waals surface area contributed by atoms with E-state index in [2.05, 4.69) is 0 Å². The Labute approximate surface area is 321 Å². The fourth-order valence-electron chi connectivity index (χ4n) is 9.16. The van der Waals surface area contributed by atoms with Gasteiger partial charge in [0, 0.05) is 11.8 Å². The topological polar surface area (TPSA) is 199 Å². The number of amides is 2. The number of piperidine rings is 2. The van der Waals surface area contributed by atoms with Crippen LogP contribution in [0, 0.1) is 0 Å². The zero-order valence-electron chi connectivity index (χ0n) is 30.0. The summed E-state index contributed by atoms with van der Waals surface area (Å²) in [5, 5.41) is 66.9. The summed E-state index contributed by atoms with van der Waals surface area (Å²) in [6.45, 7) is -1.47. The maximum atomic E-state index is 14.1. The standard InChI is InChI=1S/C42H42N2O12/c45-33-31-19-54-40-38(50)36(48)34(46)32(44(40)42(52)56-18-30-27-15-7-3-11-23(27)24-12-4-8-16-28(24)30)20-53-39(37(49)35(33)47)43(31)41(51)55-17-29-25-13-5-1-9-21(25)22-10-2-6-14-26(22)29/h1-16,29-40,45-50H,17-20H2/t31-,32-,33-,34-,35+,36+,37-,38?,39-,40-/m1/s1. The Kier molecular flexibility index (Phi) is 9.54. The summed E-state index contributed by atoms with van der Waals surface area (Å²) in [6, 6.07) is 28.3. The van der Waals surface area contributed by atoms with E-state index in [-0.39, 0.29) is 25.0 Å². The van der Waals surface area contributed by atoms with Crippen molar-refractivity contribution in [3.63, 3.8) is 0 Å². The minimum absolute atomic E-state index is 0.108. The molecule has 3 saturated heterocycles. The molecule has 4 bridgehead atoms. The van der Waals surface area contributed by atoms with Crippen LogP contribution in [0.2, 0.25) is 0 Å². The lowest BCUT2D eigenvalue weighted by atomic mass is 9.90. The van der Waals surface area contributed by atoms with Gasteiger partial charge >= 0.3 is 12.2 Å². The predicted octanol–water partition coefficient (Wildman–Crippen LogP) is 2.12. The highest BCUT2D eigenvalue weighted by Crippen LogP contribution is 2.46. The molecule has 0 spiro atoms. The molecular weight excluding hydrogens is 724 g/mol. The SMILES string of the molecule is O=C(OCC1c2ccccc2-c2ccccc21)N1[C@@H]2OC[C@@H]3[C@@H](O)[C@H](O)[C@@H](O)[C@@H](OC[C@@H]1[C@@H](O)[C@H](O)C2O)N3C(=O)OCC1c2ccccc2-c2ccccc21. The summed E-state index contributed by atoms with van der Waals surface area (Å²) >= 11 is 0. The van der Waals surface area contributed by atoms with Crippen LogP contribution in [-0.4, -0.2) is 140 Å². The molecule has 3 heterocycles. The molecule has 5 aliphatic rings. The average Bonchev–Trinajstić information content (AvgIpc) is 3.72. The maximum absolute atomic E-state index is 14.1. The van der Waals surface area contributed by atoms with Gasteiger partial charge in [-0.15, -0.1) is 0 Å². The normalized spacial score (nSPS) is 30.8. The highest BCUT2D eigenvalue weighted by atomic mass is 16.6. The van der Waals surface area contributed by atoms with E-state index in [9.17, 15) is 40.2 Å². The molecule has 6 N–H and O–H groups in total. The van der Waals surface area contributed by atoms with Gasteiger partial charge in [-0.1, -0.05) is 97.1 Å². The van der Waals surface area contributed by atoms with E-state index in [1.54, 1.807) is 0 Å². The van der Waals surface area contributed by atoms with Crippen LogP contribution in [-0.2, 0) is 18.9 Å². The molecule has 2 amide bonds. The molecule has 56 heavy (non-hydrogen) atoms. The molecule has 3 fully saturated rings. The summed E-state index contributed by atoms with van der Waals surface area (Å²) in [6.07, 6.45) is -16.2. The van der Waals surface area contributed by atoms with E-state index in [0.29, 0.717) is 0 Å². The van der Waals surface area contributed by atoms with Gasteiger partial charge in [0.25, 0.3) is 0 Å². The van der Waals surface area contributed by atoms with E-state index in [1.165, 1.54) is 0 Å². The van der Waals surface area contributed by atoms with E-state index in [0.717, 1.165) is 54.3 Å². The van der Waals surface area contributed by atoms with E-state index >= 15 is 0 Å². The number of rotatable bonds is 4. The number of aliphatic hydroxyl groups is 6. The molecule has 4 aromatic carbocycles. The predicted molar refractivity (Wildman–Crippen MR) is 197 cm³/mol. The summed E-state index contributed by atoms with van der Waals surface area (Å²) in [7, 11) is 0. The highest BCUT2D eigenvalue weighted by molar-refractivity contribution is 5.80. The number of ether oxygens (including phenoxy) is 4. The first kappa shape index (κ1) is 36.7. The number of carbonyl (C=O) groups excluding carboxylic acids is 2. The summed E-state index contributed by atoms with van der Waals surface area (Å²) in [5.74, 6) is -0.636. The van der Waals surface area contributed by atoms with Crippen LogP contribution in [0.4, 0.5) is 9.59 Å². The van der Waals surface area contributed by atoms with Gasteiger partial charge in [0.1, 0.15) is 49.8 Å². The second kappa shape index (κ2) is 14.6. The quantitative estimate of drug-likeness (QED) is 0.177. The van der Waals surface area contributed by atoms with Gasteiger partial charge in [-0.3, -0.25) is 9.80 Å². The first-order chi connectivity index (χ1) is 27.2. The van der Waals surface area contributed by atoms with E-state index in [4.69, 9.17) is 18.9 Å². The lowest BCUT2D eigenvalue weighted by Gasteiger charge is -2.52. The van der Waals surface area contributed by atoms with Gasteiger partial charge in [0.2, 0.25) is 0 Å². The van der Waals surface area contributed by atoms with Crippen LogP contribution in [0.3, 0.4) is 0 Å². The van der Waals surface area contributed by atoms with Crippen molar-refractivity contribution in [2.45, 2.75) is 73.0 Å². The smallest absolute Gasteiger partial charge is 0.412 e. The Morgan fingerprint density at radius 1 is 0.482 bits per heavy atom. The third-order valence-corrected chi connectivity index (χ3v) is 12.0. The minimum Gasteiger partial charge on any atom is -0.448 e. The van der Waals surface area contributed by atoms with Crippen LogP contribution >= 0.6 is 0 Å². The monoisotopic (exact) mass is 766 g/mol. The van der Waals surface area contributed by atoms with Crippen LogP contribution in [0.5, 0.6) is 0 Å². The van der Waals surface area contributed by atoms with E-state index in [1.807, 2.05) is 97.1 Å². The van der Waals surface area contributed by atoms with Crippen LogP contribution < -0.4 is 0 Å². The van der Waals surface area contributed by atoms with Gasteiger partial charge < -0.3 is 49.6 Å². The summed E-state index contributed by atoms with van der Waals surface area (Å²) in [5.41, 5.74) is 7.88. The Morgan fingerprint density at radius 2 is 0.786 bits per heavy atom. The molecule has 10 atom stereocenters. The average molecular weight is 767 g/mol. The zero-order valence-corrected chi connectivity index (χ0v) is 30.0. The van der Waals surface area contributed by atoms with Gasteiger partial charge in [0.05, 0.1) is 25.3 Å². The number of carbonyl (C=O) groups is 2. The minimum atomic E-state index is -1.86. The molecule has 0 aromatic heterocycles. The zero-order chi connectivity index (χ0) is 38.8. The van der Waals surface area contributed by atoms with Crippen LogP contribution in [0.25, 0.3) is 22.3 Å². The largest absolute Gasteiger partial charge is 0.448 e. The number of hydrogen-bond donors (Lipinski definition) is 6. The number of benzene rings is 4. The molecular formula is C42H42N2O12. The summed E-state index contributed by atoms with van der Waals surface area (Å²) < 4.78 is 23.9. The molecule has 14 heteroatoms. The van der Waals surface area contributed by atoms with Crippen molar-refractivity contribution in [3.05, 3.63) is 119 Å². The lowest BCUT2D eigenvalue weighted by molar-refractivity contribution is -0.278. The molecule has 3 aliphatic heterocycles. The van der Waals surface area contributed by atoms with Crippen molar-refractivity contribution < 1.29 is 59.2 Å². The molecule has 1 unspecified atom stereocenters. The maximum Gasteiger partial charge on any atom is 0.412 e. The fourth-order valence-corrected chi connectivity index (χ4v) is 9.16. The highest BCUT2D eigenvalue weighted by Gasteiger charge is 2.57.